The number of amides is 3. The second-order valence-electron chi connectivity index (χ2n) is 5.89. The van der Waals surface area contributed by atoms with Gasteiger partial charge in [0.2, 0.25) is 10.0 Å². The van der Waals surface area contributed by atoms with Gasteiger partial charge in [0.15, 0.2) is 6.61 Å². The number of hydrogen-bond acceptors (Lipinski definition) is 7. The molecule has 11 heteroatoms. The van der Waals surface area contributed by atoms with E-state index in [1.54, 1.807) is 0 Å². The number of carbonyl (C=O) groups is 3. The third kappa shape index (κ3) is 4.26. The number of carbonyl (C=O) groups excluding carboxylic acids is 3. The van der Waals surface area contributed by atoms with Gasteiger partial charge in [0.1, 0.15) is 0 Å². The molecule has 0 spiro atoms. The number of ether oxygens (including phenoxy) is 2. The molecule has 2 heterocycles. The van der Waals surface area contributed by atoms with Crippen LogP contribution in [0.1, 0.15) is 10.4 Å². The van der Waals surface area contributed by atoms with Crippen LogP contribution in [0.5, 0.6) is 0 Å². The van der Waals surface area contributed by atoms with Gasteiger partial charge < -0.3 is 14.8 Å². The minimum atomic E-state index is -3.65. The number of esters is 1. The molecule has 0 unspecified atom stereocenters. The van der Waals surface area contributed by atoms with Crippen molar-refractivity contribution >= 4 is 27.9 Å². The van der Waals surface area contributed by atoms with E-state index in [0.717, 1.165) is 4.90 Å². The highest BCUT2D eigenvalue weighted by atomic mass is 32.2. The van der Waals surface area contributed by atoms with Crippen LogP contribution >= 0.6 is 0 Å². The topological polar surface area (TPSA) is 122 Å². The molecule has 2 aliphatic heterocycles. The number of urea groups is 1. The van der Waals surface area contributed by atoms with Crippen LogP contribution in [0, 0.1) is 0 Å². The number of morpholine rings is 1. The van der Waals surface area contributed by atoms with Gasteiger partial charge in [0.05, 0.1) is 23.7 Å². The summed E-state index contributed by atoms with van der Waals surface area (Å²) in [5, 5.41) is 2.47. The van der Waals surface area contributed by atoms with Crippen molar-refractivity contribution in [3.63, 3.8) is 0 Å². The van der Waals surface area contributed by atoms with E-state index in [0.29, 0.717) is 19.8 Å². The van der Waals surface area contributed by atoms with Crippen molar-refractivity contribution < 1.29 is 32.3 Å². The minimum Gasteiger partial charge on any atom is -0.452 e. The van der Waals surface area contributed by atoms with Crippen molar-refractivity contribution in [3.05, 3.63) is 29.8 Å². The lowest BCUT2D eigenvalue weighted by molar-refractivity contribution is -0.130. The fourth-order valence-corrected chi connectivity index (χ4v) is 4.11. The third-order valence-electron chi connectivity index (χ3n) is 4.18. The Labute approximate surface area is 156 Å². The maximum absolute atomic E-state index is 12.5. The number of benzene rings is 1. The zero-order valence-corrected chi connectivity index (χ0v) is 15.2. The van der Waals surface area contributed by atoms with Gasteiger partial charge in [0.25, 0.3) is 5.91 Å². The Bertz CT molecular complexity index is 832. The summed E-state index contributed by atoms with van der Waals surface area (Å²) in [5.74, 6) is -1.40. The van der Waals surface area contributed by atoms with Gasteiger partial charge in [-0.1, -0.05) is 0 Å². The monoisotopic (exact) mass is 397 g/mol. The number of hydrogen-bond donors (Lipinski definition) is 1. The lowest BCUT2D eigenvalue weighted by Crippen LogP contribution is -2.40. The normalized spacial score (nSPS) is 18.2. The van der Waals surface area contributed by atoms with Gasteiger partial charge in [-0.25, -0.2) is 18.0 Å². The number of imide groups is 1. The first kappa shape index (κ1) is 19.3. The fraction of sp³-hybridized carbons (Fsp3) is 0.438. The summed E-state index contributed by atoms with van der Waals surface area (Å²) in [6.07, 6.45) is 0. The molecule has 0 atom stereocenters. The van der Waals surface area contributed by atoms with Gasteiger partial charge in [-0.15, -0.1) is 0 Å². The second-order valence-corrected chi connectivity index (χ2v) is 7.83. The van der Waals surface area contributed by atoms with Crippen molar-refractivity contribution in [2.45, 2.75) is 4.90 Å². The Morgan fingerprint density at radius 1 is 1.11 bits per heavy atom. The predicted molar refractivity (Wildman–Crippen MR) is 91.4 cm³/mol. The van der Waals surface area contributed by atoms with Gasteiger partial charge >= 0.3 is 12.0 Å². The molecule has 3 amide bonds. The predicted octanol–water partition coefficient (Wildman–Crippen LogP) is -0.584. The van der Waals surface area contributed by atoms with E-state index in [1.807, 2.05) is 0 Å². The van der Waals surface area contributed by atoms with Gasteiger partial charge in [0, 0.05) is 26.2 Å². The van der Waals surface area contributed by atoms with Crippen molar-refractivity contribution in [2.75, 3.05) is 46.0 Å². The summed E-state index contributed by atoms with van der Waals surface area (Å²) >= 11 is 0. The number of rotatable bonds is 5. The summed E-state index contributed by atoms with van der Waals surface area (Å²) in [4.78, 5) is 36.3. The summed E-state index contributed by atoms with van der Waals surface area (Å²) < 4.78 is 36.4. The molecule has 3 rings (SSSR count). The van der Waals surface area contributed by atoms with E-state index in [-0.39, 0.29) is 30.1 Å². The summed E-state index contributed by atoms with van der Waals surface area (Å²) in [7, 11) is -3.65. The largest absolute Gasteiger partial charge is 0.452 e. The standard InChI is InChI=1S/C16H19N3O7S/c20-14(19-6-5-17-16(19)22)11-26-15(21)12-1-3-13(4-2-12)27(23,24)18-7-9-25-10-8-18/h1-4H,5-11H2,(H,17,22). The Kier molecular flexibility index (Phi) is 5.73. The SMILES string of the molecule is O=C(OCC(=O)N1CCNC1=O)c1ccc(S(=O)(=O)N2CCOCC2)cc1. The van der Waals surface area contributed by atoms with E-state index in [1.165, 1.54) is 28.6 Å². The molecule has 0 aliphatic carbocycles. The van der Waals surface area contributed by atoms with Crippen LogP contribution in [0.2, 0.25) is 0 Å². The highest BCUT2D eigenvalue weighted by molar-refractivity contribution is 7.89. The maximum atomic E-state index is 12.5. The lowest BCUT2D eigenvalue weighted by Gasteiger charge is -2.26. The van der Waals surface area contributed by atoms with Crippen LogP contribution in [-0.4, -0.2) is 81.5 Å². The van der Waals surface area contributed by atoms with E-state index < -0.39 is 34.5 Å². The zero-order chi connectivity index (χ0) is 19.4. The number of nitrogens with one attached hydrogen (secondary N) is 1. The average molecular weight is 397 g/mol. The van der Waals surface area contributed by atoms with Crippen LogP contribution in [0.4, 0.5) is 4.79 Å². The molecule has 10 nitrogen and oxygen atoms in total. The molecule has 0 aromatic heterocycles. The van der Waals surface area contributed by atoms with E-state index in [4.69, 9.17) is 9.47 Å². The first-order valence-corrected chi connectivity index (χ1v) is 9.77. The highest BCUT2D eigenvalue weighted by Crippen LogP contribution is 2.18. The average Bonchev–Trinajstić information content (AvgIpc) is 3.12. The summed E-state index contributed by atoms with van der Waals surface area (Å²) in [6, 6.07) is 4.76. The lowest BCUT2D eigenvalue weighted by atomic mass is 10.2. The van der Waals surface area contributed by atoms with Crippen molar-refractivity contribution in [3.8, 4) is 0 Å². The smallest absolute Gasteiger partial charge is 0.338 e. The molecule has 2 aliphatic rings. The van der Waals surface area contributed by atoms with Crippen LogP contribution < -0.4 is 5.32 Å². The van der Waals surface area contributed by atoms with E-state index >= 15 is 0 Å². The molecule has 27 heavy (non-hydrogen) atoms. The van der Waals surface area contributed by atoms with E-state index in [2.05, 4.69) is 5.32 Å². The molecule has 0 radical (unpaired) electrons. The quantitative estimate of drug-likeness (QED) is 0.659. The summed E-state index contributed by atoms with van der Waals surface area (Å²) in [6.45, 7) is 1.25. The molecule has 1 aromatic rings. The van der Waals surface area contributed by atoms with Crippen LogP contribution in [0.25, 0.3) is 0 Å². The molecule has 1 aromatic carbocycles. The molecule has 0 bridgehead atoms. The molecular formula is C16H19N3O7S. The molecular weight excluding hydrogens is 378 g/mol. The fourth-order valence-electron chi connectivity index (χ4n) is 2.70. The van der Waals surface area contributed by atoms with Crippen molar-refractivity contribution in [2.24, 2.45) is 0 Å². The highest BCUT2D eigenvalue weighted by Gasteiger charge is 2.28. The Morgan fingerprint density at radius 2 is 1.78 bits per heavy atom. The van der Waals surface area contributed by atoms with Crippen molar-refractivity contribution in [1.29, 1.82) is 0 Å². The molecule has 1 N–H and O–H groups in total. The van der Waals surface area contributed by atoms with Crippen LogP contribution in [0.15, 0.2) is 29.2 Å². The summed E-state index contributed by atoms with van der Waals surface area (Å²) in [5.41, 5.74) is 0.106. The molecule has 146 valence electrons. The van der Waals surface area contributed by atoms with Crippen LogP contribution in [-0.2, 0) is 24.3 Å². The molecule has 2 fully saturated rings. The zero-order valence-electron chi connectivity index (χ0n) is 14.4. The third-order valence-corrected chi connectivity index (χ3v) is 6.10. The van der Waals surface area contributed by atoms with Gasteiger partial charge in [-0.2, -0.15) is 4.31 Å². The first-order valence-electron chi connectivity index (χ1n) is 8.33. The Hall–Kier alpha value is -2.50. The maximum Gasteiger partial charge on any atom is 0.338 e. The first-order chi connectivity index (χ1) is 12.9. The molecule has 0 saturated carbocycles. The second kappa shape index (κ2) is 8.03. The number of sulfonamides is 1. The minimum absolute atomic E-state index is 0.0609. The Balaban J connectivity index is 1.60. The van der Waals surface area contributed by atoms with Gasteiger partial charge in [-0.3, -0.25) is 9.69 Å². The number of nitrogens with zero attached hydrogens (tertiary/aromatic N) is 2. The Morgan fingerprint density at radius 3 is 2.37 bits per heavy atom. The van der Waals surface area contributed by atoms with E-state index in [9.17, 15) is 22.8 Å². The molecule has 2 saturated heterocycles. The van der Waals surface area contributed by atoms with Crippen molar-refractivity contribution in [1.82, 2.24) is 14.5 Å². The van der Waals surface area contributed by atoms with Gasteiger partial charge in [-0.05, 0) is 24.3 Å². The van der Waals surface area contributed by atoms with Crippen LogP contribution in [0.3, 0.4) is 0 Å².